The fourth-order valence-corrected chi connectivity index (χ4v) is 3.27. The summed E-state index contributed by atoms with van der Waals surface area (Å²) in [7, 11) is 3.09. The lowest BCUT2D eigenvalue weighted by atomic mass is 10.2. The molecule has 1 aliphatic rings. The fourth-order valence-electron chi connectivity index (χ4n) is 3.04. The molecule has 0 radical (unpaired) electrons. The Bertz CT molecular complexity index is 790. The summed E-state index contributed by atoms with van der Waals surface area (Å²) in [5.74, 6) is 1.38. The van der Waals surface area contributed by atoms with Crippen LogP contribution < -0.4 is 14.8 Å². The molecule has 0 aliphatic carbocycles. The Morgan fingerprint density at radius 3 is 2.26 bits per heavy atom. The number of ether oxygens (including phenoxy) is 2. The Kier molecular flexibility index (Phi) is 6.34. The number of amides is 1. The predicted octanol–water partition coefficient (Wildman–Crippen LogP) is 3.91. The van der Waals surface area contributed by atoms with E-state index in [1.54, 1.807) is 31.6 Å². The van der Waals surface area contributed by atoms with Gasteiger partial charge in [0.05, 0.1) is 30.5 Å². The number of benzene rings is 1. The number of rotatable bonds is 5. The van der Waals surface area contributed by atoms with E-state index in [4.69, 9.17) is 21.1 Å². The molecule has 1 saturated heterocycles. The van der Waals surface area contributed by atoms with E-state index in [0.29, 0.717) is 33.7 Å². The quantitative estimate of drug-likeness (QED) is 0.834. The number of nitrogens with one attached hydrogen (secondary N) is 1. The van der Waals surface area contributed by atoms with Crippen LogP contribution in [0.15, 0.2) is 24.5 Å². The molecule has 3 rings (SSSR count). The number of methoxy groups -OCH3 is 2. The van der Waals surface area contributed by atoms with Crippen LogP contribution in [-0.4, -0.2) is 48.1 Å². The van der Waals surface area contributed by atoms with Crippen LogP contribution in [0.4, 0.5) is 11.6 Å². The minimum Gasteiger partial charge on any atom is -0.495 e. The molecule has 1 aromatic heterocycles. The van der Waals surface area contributed by atoms with Gasteiger partial charge in [0.2, 0.25) is 5.95 Å². The highest BCUT2D eigenvalue weighted by Crippen LogP contribution is 2.36. The second-order valence-electron chi connectivity index (χ2n) is 6.31. The van der Waals surface area contributed by atoms with Crippen LogP contribution in [0.2, 0.25) is 5.02 Å². The molecule has 7 nitrogen and oxygen atoms in total. The minimum atomic E-state index is -0.0193. The zero-order valence-corrected chi connectivity index (χ0v) is 16.3. The van der Waals surface area contributed by atoms with Crippen molar-refractivity contribution in [3.63, 3.8) is 0 Å². The Hall–Kier alpha value is -2.54. The zero-order chi connectivity index (χ0) is 19.2. The van der Waals surface area contributed by atoms with E-state index >= 15 is 0 Å². The van der Waals surface area contributed by atoms with Crippen molar-refractivity contribution in [1.82, 2.24) is 14.9 Å². The van der Waals surface area contributed by atoms with Crippen LogP contribution in [0.25, 0.3) is 0 Å². The monoisotopic (exact) mass is 390 g/mol. The molecular weight excluding hydrogens is 368 g/mol. The van der Waals surface area contributed by atoms with E-state index in [2.05, 4.69) is 15.3 Å². The van der Waals surface area contributed by atoms with Gasteiger partial charge in [0.1, 0.15) is 11.5 Å². The van der Waals surface area contributed by atoms with Crippen LogP contribution in [0.3, 0.4) is 0 Å². The Labute approximate surface area is 163 Å². The molecule has 0 atom stereocenters. The van der Waals surface area contributed by atoms with Gasteiger partial charge in [0.15, 0.2) is 0 Å². The van der Waals surface area contributed by atoms with Gasteiger partial charge in [0.25, 0.3) is 5.91 Å². The molecule has 1 aromatic carbocycles. The van der Waals surface area contributed by atoms with Crippen molar-refractivity contribution in [2.75, 3.05) is 32.6 Å². The smallest absolute Gasteiger partial charge is 0.256 e. The van der Waals surface area contributed by atoms with Crippen LogP contribution in [0, 0.1) is 0 Å². The summed E-state index contributed by atoms with van der Waals surface area (Å²) in [5.41, 5.74) is 1.11. The summed E-state index contributed by atoms with van der Waals surface area (Å²) in [5, 5.41) is 3.51. The maximum atomic E-state index is 12.6. The second-order valence-corrected chi connectivity index (χ2v) is 6.72. The third kappa shape index (κ3) is 4.60. The number of nitrogens with zero attached hydrogens (tertiary/aromatic N) is 3. The highest BCUT2D eigenvalue weighted by molar-refractivity contribution is 6.32. The summed E-state index contributed by atoms with van der Waals surface area (Å²) >= 11 is 6.12. The van der Waals surface area contributed by atoms with E-state index in [9.17, 15) is 4.79 Å². The Morgan fingerprint density at radius 2 is 1.67 bits per heavy atom. The zero-order valence-electron chi connectivity index (χ0n) is 15.5. The molecule has 2 heterocycles. The molecule has 0 unspecified atom stereocenters. The predicted molar refractivity (Wildman–Crippen MR) is 104 cm³/mol. The molecule has 8 heteroatoms. The summed E-state index contributed by atoms with van der Waals surface area (Å²) in [6.07, 6.45) is 7.53. The maximum Gasteiger partial charge on any atom is 0.256 e. The lowest BCUT2D eigenvalue weighted by Crippen LogP contribution is -2.32. The Morgan fingerprint density at radius 1 is 1.04 bits per heavy atom. The van der Waals surface area contributed by atoms with Crippen molar-refractivity contribution in [3.05, 3.63) is 35.1 Å². The molecule has 144 valence electrons. The van der Waals surface area contributed by atoms with Crippen molar-refractivity contribution >= 4 is 29.1 Å². The van der Waals surface area contributed by atoms with Crippen molar-refractivity contribution in [2.45, 2.75) is 25.7 Å². The van der Waals surface area contributed by atoms with Crippen molar-refractivity contribution in [2.24, 2.45) is 0 Å². The Balaban J connectivity index is 1.75. The largest absolute Gasteiger partial charge is 0.495 e. The molecular formula is C19H23ClN4O3. The molecule has 0 spiro atoms. The summed E-state index contributed by atoms with van der Waals surface area (Å²) in [6, 6.07) is 3.36. The van der Waals surface area contributed by atoms with Crippen LogP contribution in [-0.2, 0) is 0 Å². The number of likely N-dealkylation sites (tertiary alicyclic amines) is 1. The van der Waals surface area contributed by atoms with Gasteiger partial charge in [-0.05, 0) is 12.8 Å². The fraction of sp³-hybridized carbons (Fsp3) is 0.421. The van der Waals surface area contributed by atoms with Crippen LogP contribution in [0.5, 0.6) is 11.5 Å². The van der Waals surface area contributed by atoms with Crippen molar-refractivity contribution in [1.29, 1.82) is 0 Å². The number of aromatic nitrogens is 2. The molecule has 1 amide bonds. The topological polar surface area (TPSA) is 76.6 Å². The van der Waals surface area contributed by atoms with Gasteiger partial charge >= 0.3 is 0 Å². The third-order valence-corrected chi connectivity index (χ3v) is 4.81. The molecule has 1 N–H and O–H groups in total. The SMILES string of the molecule is COc1cc(Nc2ncc(C(=O)N3CCCCCC3)cn2)c(OC)cc1Cl. The second kappa shape index (κ2) is 8.90. The van der Waals surface area contributed by atoms with Crippen molar-refractivity contribution < 1.29 is 14.3 Å². The van der Waals surface area contributed by atoms with E-state index in [1.807, 2.05) is 4.90 Å². The van der Waals surface area contributed by atoms with Gasteiger partial charge < -0.3 is 19.7 Å². The summed E-state index contributed by atoms with van der Waals surface area (Å²) in [4.78, 5) is 23.0. The van der Waals surface area contributed by atoms with Gasteiger partial charge in [-0.2, -0.15) is 0 Å². The maximum absolute atomic E-state index is 12.6. The number of carbonyl (C=O) groups is 1. The highest BCUT2D eigenvalue weighted by atomic mass is 35.5. The third-order valence-electron chi connectivity index (χ3n) is 4.51. The lowest BCUT2D eigenvalue weighted by Gasteiger charge is -2.20. The molecule has 1 fully saturated rings. The standard InChI is InChI=1S/C19H23ClN4O3/c1-26-16-10-15(17(27-2)9-14(16)20)23-19-21-11-13(12-22-19)18(25)24-7-5-3-4-6-8-24/h9-12H,3-8H2,1-2H3,(H,21,22,23). The average molecular weight is 391 g/mol. The van der Waals surface area contributed by atoms with Gasteiger partial charge in [0, 0.05) is 37.6 Å². The van der Waals surface area contributed by atoms with E-state index in [0.717, 1.165) is 25.9 Å². The van der Waals surface area contributed by atoms with Gasteiger partial charge in [-0.1, -0.05) is 24.4 Å². The van der Waals surface area contributed by atoms with E-state index in [1.165, 1.54) is 20.0 Å². The number of anilines is 2. The first-order valence-electron chi connectivity index (χ1n) is 8.92. The molecule has 27 heavy (non-hydrogen) atoms. The normalized spacial score (nSPS) is 14.4. The molecule has 0 saturated carbocycles. The lowest BCUT2D eigenvalue weighted by molar-refractivity contribution is 0.0761. The average Bonchev–Trinajstić information content (AvgIpc) is 2.98. The van der Waals surface area contributed by atoms with E-state index < -0.39 is 0 Å². The first-order valence-corrected chi connectivity index (χ1v) is 9.30. The number of hydrogen-bond donors (Lipinski definition) is 1. The number of carbonyl (C=O) groups excluding carboxylic acids is 1. The summed E-state index contributed by atoms with van der Waals surface area (Å²) < 4.78 is 10.6. The van der Waals surface area contributed by atoms with Gasteiger partial charge in [-0.15, -0.1) is 0 Å². The van der Waals surface area contributed by atoms with Gasteiger partial charge in [-0.3, -0.25) is 4.79 Å². The molecule has 0 bridgehead atoms. The first-order chi connectivity index (χ1) is 13.1. The van der Waals surface area contributed by atoms with Crippen molar-refractivity contribution in [3.8, 4) is 11.5 Å². The molecule has 1 aliphatic heterocycles. The van der Waals surface area contributed by atoms with Crippen LogP contribution in [0.1, 0.15) is 36.0 Å². The van der Waals surface area contributed by atoms with Crippen LogP contribution >= 0.6 is 11.6 Å². The number of halogens is 1. The molecule has 2 aromatic rings. The highest BCUT2D eigenvalue weighted by Gasteiger charge is 2.18. The first kappa shape index (κ1) is 19.2. The summed E-state index contributed by atoms with van der Waals surface area (Å²) in [6.45, 7) is 1.58. The minimum absolute atomic E-state index is 0.0193. The van der Waals surface area contributed by atoms with Gasteiger partial charge in [-0.25, -0.2) is 9.97 Å². The number of hydrogen-bond acceptors (Lipinski definition) is 6. The van der Waals surface area contributed by atoms with E-state index in [-0.39, 0.29) is 5.91 Å².